The number of nitrogens with one attached hydrogen (secondary N) is 2. The number of hydrogen-bond donors (Lipinski definition) is 3. The van der Waals surface area contributed by atoms with E-state index < -0.39 is 6.04 Å². The number of amides is 2. The van der Waals surface area contributed by atoms with E-state index >= 15 is 0 Å². The molecule has 0 bridgehead atoms. The van der Waals surface area contributed by atoms with Gasteiger partial charge in [0.25, 0.3) is 0 Å². The van der Waals surface area contributed by atoms with Crippen molar-refractivity contribution in [3.63, 3.8) is 0 Å². The third-order valence-corrected chi connectivity index (χ3v) is 3.29. The van der Waals surface area contributed by atoms with Crippen LogP contribution in [0.25, 0.3) is 0 Å². The molecule has 0 aromatic rings. The molecule has 17 heavy (non-hydrogen) atoms. The molecule has 0 radical (unpaired) electrons. The quantitative estimate of drug-likeness (QED) is 0.523. The molecule has 2 amide bonds. The van der Waals surface area contributed by atoms with Gasteiger partial charge in [-0.2, -0.15) is 11.8 Å². The van der Waals surface area contributed by atoms with E-state index in [2.05, 4.69) is 10.6 Å². The Hall–Kier alpha value is -0.750. The molecule has 1 aliphatic rings. The lowest BCUT2D eigenvalue weighted by atomic mass is 10.2. The van der Waals surface area contributed by atoms with E-state index in [1.807, 2.05) is 6.26 Å². The maximum atomic E-state index is 11.5. The second-order valence-corrected chi connectivity index (χ2v) is 5.23. The van der Waals surface area contributed by atoms with Crippen LogP contribution in [0.4, 0.5) is 0 Å². The van der Waals surface area contributed by atoms with Gasteiger partial charge in [0.15, 0.2) is 0 Å². The topological polar surface area (TPSA) is 84.2 Å². The summed E-state index contributed by atoms with van der Waals surface area (Å²) in [7, 11) is 0. The van der Waals surface area contributed by atoms with Gasteiger partial charge in [0.1, 0.15) is 0 Å². The molecule has 98 valence electrons. The van der Waals surface area contributed by atoms with Gasteiger partial charge in [0, 0.05) is 19.0 Å². The third kappa shape index (κ3) is 5.93. The minimum Gasteiger partial charge on any atom is -0.354 e. The van der Waals surface area contributed by atoms with Gasteiger partial charge in [-0.15, -0.1) is 0 Å². The number of nitrogens with two attached hydrogens (primary N) is 1. The highest BCUT2D eigenvalue weighted by atomic mass is 32.2. The summed E-state index contributed by atoms with van der Waals surface area (Å²) in [6, 6.07) is -0.443. The standard InChI is InChI=1S/C11H21N3O2S/c1-17-7-4-9(12)11(16)14-6-5-13-10(15)8-2-3-8/h8-9H,2-7,12H2,1H3,(H,13,15)(H,14,16)/t9-/m1/s1. The van der Waals surface area contributed by atoms with E-state index in [0.29, 0.717) is 19.5 Å². The minimum absolute atomic E-state index is 0.103. The summed E-state index contributed by atoms with van der Waals surface area (Å²) in [6.07, 6.45) is 4.66. The Morgan fingerprint density at radius 3 is 2.59 bits per heavy atom. The Morgan fingerprint density at radius 2 is 2.00 bits per heavy atom. The van der Waals surface area contributed by atoms with Crippen molar-refractivity contribution in [2.24, 2.45) is 11.7 Å². The van der Waals surface area contributed by atoms with Crippen LogP contribution in [-0.4, -0.2) is 43.0 Å². The highest BCUT2D eigenvalue weighted by molar-refractivity contribution is 7.98. The Balaban J connectivity index is 2.00. The molecule has 1 rings (SSSR count). The molecule has 5 nitrogen and oxygen atoms in total. The molecule has 1 atom stereocenters. The summed E-state index contributed by atoms with van der Waals surface area (Å²) in [6.45, 7) is 0.931. The first-order valence-corrected chi connectivity index (χ1v) is 7.34. The molecule has 0 saturated heterocycles. The number of carbonyl (C=O) groups is 2. The van der Waals surface area contributed by atoms with Crippen LogP contribution in [-0.2, 0) is 9.59 Å². The monoisotopic (exact) mass is 259 g/mol. The van der Waals surface area contributed by atoms with Crippen molar-refractivity contribution >= 4 is 23.6 Å². The van der Waals surface area contributed by atoms with Crippen LogP contribution in [0, 0.1) is 5.92 Å². The van der Waals surface area contributed by atoms with E-state index in [0.717, 1.165) is 18.6 Å². The van der Waals surface area contributed by atoms with Crippen LogP contribution in [0.3, 0.4) is 0 Å². The Morgan fingerprint density at radius 1 is 1.35 bits per heavy atom. The molecule has 0 aromatic heterocycles. The number of hydrogen-bond acceptors (Lipinski definition) is 4. The first kappa shape index (κ1) is 14.3. The molecule has 6 heteroatoms. The minimum atomic E-state index is -0.443. The van der Waals surface area contributed by atoms with Crippen LogP contribution in [0.15, 0.2) is 0 Å². The predicted octanol–water partition coefficient (Wildman–Crippen LogP) is -0.291. The molecule has 1 fully saturated rings. The van der Waals surface area contributed by atoms with Crippen molar-refractivity contribution in [1.29, 1.82) is 0 Å². The first-order chi connectivity index (χ1) is 8.15. The molecule has 4 N–H and O–H groups in total. The van der Waals surface area contributed by atoms with Crippen molar-refractivity contribution in [3.05, 3.63) is 0 Å². The van der Waals surface area contributed by atoms with Crippen molar-refractivity contribution < 1.29 is 9.59 Å². The SMILES string of the molecule is CSCC[C@@H](N)C(=O)NCCNC(=O)C1CC1. The van der Waals surface area contributed by atoms with Crippen molar-refractivity contribution in [2.45, 2.75) is 25.3 Å². The van der Waals surface area contributed by atoms with Crippen LogP contribution < -0.4 is 16.4 Å². The molecule has 0 aromatic carbocycles. The maximum Gasteiger partial charge on any atom is 0.237 e. The highest BCUT2D eigenvalue weighted by Crippen LogP contribution is 2.28. The number of carbonyl (C=O) groups excluding carboxylic acids is 2. The zero-order valence-corrected chi connectivity index (χ0v) is 11.0. The lowest BCUT2D eigenvalue weighted by molar-refractivity contribution is -0.124. The fourth-order valence-corrected chi connectivity index (χ4v) is 1.86. The lowest BCUT2D eigenvalue weighted by Gasteiger charge is -2.11. The van der Waals surface area contributed by atoms with Gasteiger partial charge >= 0.3 is 0 Å². The first-order valence-electron chi connectivity index (χ1n) is 5.95. The lowest BCUT2D eigenvalue weighted by Crippen LogP contribution is -2.44. The largest absolute Gasteiger partial charge is 0.354 e. The van der Waals surface area contributed by atoms with E-state index in [1.54, 1.807) is 11.8 Å². The molecular formula is C11H21N3O2S. The van der Waals surface area contributed by atoms with Crippen molar-refractivity contribution in [3.8, 4) is 0 Å². The molecule has 0 aliphatic heterocycles. The summed E-state index contributed by atoms with van der Waals surface area (Å²) >= 11 is 1.67. The maximum absolute atomic E-state index is 11.5. The average Bonchev–Trinajstić information content (AvgIpc) is 3.14. The van der Waals surface area contributed by atoms with Crippen LogP contribution in [0.1, 0.15) is 19.3 Å². The van der Waals surface area contributed by atoms with E-state index in [1.165, 1.54) is 0 Å². The number of rotatable bonds is 8. The van der Waals surface area contributed by atoms with E-state index in [9.17, 15) is 9.59 Å². The summed E-state index contributed by atoms with van der Waals surface area (Å²) in [5, 5.41) is 5.50. The zero-order valence-electron chi connectivity index (χ0n) is 10.2. The fraction of sp³-hybridized carbons (Fsp3) is 0.818. The molecule has 0 heterocycles. The molecule has 1 aliphatic carbocycles. The Bertz CT molecular complexity index is 269. The Kier molecular flexibility index (Phi) is 6.36. The second-order valence-electron chi connectivity index (χ2n) is 4.24. The Labute approximate surface area is 106 Å². The van der Waals surface area contributed by atoms with Crippen LogP contribution >= 0.6 is 11.8 Å². The van der Waals surface area contributed by atoms with Gasteiger partial charge < -0.3 is 16.4 Å². The van der Waals surface area contributed by atoms with Crippen LogP contribution in [0.5, 0.6) is 0 Å². The molecular weight excluding hydrogens is 238 g/mol. The zero-order chi connectivity index (χ0) is 12.7. The highest BCUT2D eigenvalue weighted by Gasteiger charge is 2.29. The van der Waals surface area contributed by atoms with E-state index in [4.69, 9.17) is 5.73 Å². The van der Waals surface area contributed by atoms with Gasteiger partial charge in [-0.1, -0.05) is 0 Å². The van der Waals surface area contributed by atoms with Crippen molar-refractivity contribution in [1.82, 2.24) is 10.6 Å². The van der Waals surface area contributed by atoms with Gasteiger partial charge in [-0.3, -0.25) is 9.59 Å². The third-order valence-electron chi connectivity index (χ3n) is 2.64. The van der Waals surface area contributed by atoms with Gasteiger partial charge in [-0.05, 0) is 31.3 Å². The predicted molar refractivity (Wildman–Crippen MR) is 69.7 cm³/mol. The van der Waals surface area contributed by atoms with Crippen LogP contribution in [0.2, 0.25) is 0 Å². The second kappa shape index (κ2) is 7.55. The van der Waals surface area contributed by atoms with Crippen molar-refractivity contribution in [2.75, 3.05) is 25.1 Å². The van der Waals surface area contributed by atoms with Gasteiger partial charge in [-0.25, -0.2) is 0 Å². The average molecular weight is 259 g/mol. The molecule has 0 spiro atoms. The summed E-state index contributed by atoms with van der Waals surface area (Å²) in [5.74, 6) is 1.06. The smallest absolute Gasteiger partial charge is 0.237 e. The van der Waals surface area contributed by atoms with Gasteiger partial charge in [0.05, 0.1) is 6.04 Å². The van der Waals surface area contributed by atoms with Gasteiger partial charge in [0.2, 0.25) is 11.8 Å². The molecule has 1 saturated carbocycles. The number of thioether (sulfide) groups is 1. The normalized spacial score (nSPS) is 16.4. The van der Waals surface area contributed by atoms with E-state index in [-0.39, 0.29) is 17.7 Å². The summed E-state index contributed by atoms with van der Waals surface area (Å²) in [4.78, 5) is 22.8. The summed E-state index contributed by atoms with van der Waals surface area (Å²) in [5.41, 5.74) is 5.69. The molecule has 0 unspecified atom stereocenters. The summed E-state index contributed by atoms with van der Waals surface area (Å²) < 4.78 is 0. The fourth-order valence-electron chi connectivity index (χ4n) is 1.37.